The number of anilines is 1. The van der Waals surface area contributed by atoms with Crippen LogP contribution in [0.2, 0.25) is 0 Å². The average molecular weight is 262 g/mol. The first-order valence-corrected chi connectivity index (χ1v) is 6.32. The molecule has 1 aromatic rings. The quantitative estimate of drug-likeness (QED) is 0.718. The zero-order chi connectivity index (χ0) is 14.0. The number of carbonyl (C=O) groups is 2. The van der Waals surface area contributed by atoms with Gasteiger partial charge in [0, 0.05) is 12.2 Å². The number of nitrogens with two attached hydrogens (primary N) is 1. The molecule has 0 spiro atoms. The summed E-state index contributed by atoms with van der Waals surface area (Å²) in [5.41, 5.74) is 6.72. The number of hydrogen-bond acceptors (Lipinski definition) is 3. The van der Waals surface area contributed by atoms with Crippen molar-refractivity contribution < 1.29 is 14.7 Å². The number of carbonyl (C=O) groups excluding carboxylic acids is 1. The molecule has 0 atom stereocenters. The molecule has 0 bridgehead atoms. The highest BCUT2D eigenvalue weighted by Crippen LogP contribution is 2.40. The molecule has 1 amide bonds. The van der Waals surface area contributed by atoms with Gasteiger partial charge in [0.15, 0.2) is 0 Å². The summed E-state index contributed by atoms with van der Waals surface area (Å²) in [6.07, 6.45) is 2.13. The zero-order valence-corrected chi connectivity index (χ0v) is 10.9. The van der Waals surface area contributed by atoms with E-state index in [-0.39, 0.29) is 12.5 Å². The van der Waals surface area contributed by atoms with Crippen molar-refractivity contribution in [3.05, 3.63) is 29.3 Å². The number of carboxylic acids is 1. The van der Waals surface area contributed by atoms with Gasteiger partial charge in [0.2, 0.25) is 0 Å². The molecular weight excluding hydrogens is 244 g/mol. The van der Waals surface area contributed by atoms with Gasteiger partial charge in [-0.1, -0.05) is 18.1 Å². The topological polar surface area (TPSA) is 92.4 Å². The lowest BCUT2D eigenvalue weighted by molar-refractivity contribution is -0.153. The van der Waals surface area contributed by atoms with E-state index >= 15 is 0 Å². The van der Waals surface area contributed by atoms with Crippen molar-refractivity contribution in [2.45, 2.75) is 26.2 Å². The molecule has 0 aliphatic heterocycles. The van der Waals surface area contributed by atoms with Crippen molar-refractivity contribution in [3.63, 3.8) is 0 Å². The minimum Gasteiger partial charge on any atom is -0.481 e. The Hall–Kier alpha value is -2.04. The molecule has 1 aromatic carbocycles. The molecule has 0 unspecified atom stereocenters. The van der Waals surface area contributed by atoms with E-state index in [1.807, 2.05) is 13.0 Å². The van der Waals surface area contributed by atoms with Crippen molar-refractivity contribution in [2.24, 2.45) is 5.41 Å². The van der Waals surface area contributed by atoms with Crippen LogP contribution in [0.5, 0.6) is 0 Å². The number of aliphatic carboxylic acids is 1. The van der Waals surface area contributed by atoms with Crippen molar-refractivity contribution in [1.29, 1.82) is 0 Å². The maximum atomic E-state index is 12.0. The van der Waals surface area contributed by atoms with Crippen molar-refractivity contribution >= 4 is 17.6 Å². The normalized spacial score (nSPS) is 16.5. The largest absolute Gasteiger partial charge is 0.481 e. The van der Waals surface area contributed by atoms with Gasteiger partial charge in [0.25, 0.3) is 5.91 Å². The Morgan fingerprint density at radius 1 is 1.42 bits per heavy atom. The van der Waals surface area contributed by atoms with E-state index in [1.54, 1.807) is 12.1 Å². The Morgan fingerprint density at radius 3 is 2.63 bits per heavy atom. The van der Waals surface area contributed by atoms with Gasteiger partial charge in [0.1, 0.15) is 0 Å². The lowest BCUT2D eigenvalue weighted by Gasteiger charge is -2.37. The van der Waals surface area contributed by atoms with Crippen molar-refractivity contribution in [1.82, 2.24) is 5.32 Å². The average Bonchev–Trinajstić information content (AvgIpc) is 2.30. The number of benzene rings is 1. The highest BCUT2D eigenvalue weighted by molar-refractivity contribution is 5.99. The third kappa shape index (κ3) is 2.54. The Bertz CT molecular complexity index is 521. The first-order chi connectivity index (χ1) is 8.94. The summed E-state index contributed by atoms with van der Waals surface area (Å²) in [4.78, 5) is 23.2. The molecule has 0 saturated heterocycles. The molecule has 5 heteroatoms. The van der Waals surface area contributed by atoms with E-state index in [0.29, 0.717) is 24.1 Å². The van der Waals surface area contributed by atoms with Gasteiger partial charge >= 0.3 is 5.97 Å². The summed E-state index contributed by atoms with van der Waals surface area (Å²) in [6, 6.07) is 5.22. The van der Waals surface area contributed by atoms with Crippen molar-refractivity contribution in [3.8, 4) is 0 Å². The van der Waals surface area contributed by atoms with Crippen LogP contribution in [-0.2, 0) is 4.79 Å². The van der Waals surface area contributed by atoms with Gasteiger partial charge < -0.3 is 16.2 Å². The molecule has 4 N–H and O–H groups in total. The van der Waals surface area contributed by atoms with E-state index in [2.05, 4.69) is 5.32 Å². The third-order valence-corrected chi connectivity index (χ3v) is 3.81. The van der Waals surface area contributed by atoms with Crippen LogP contribution in [0.3, 0.4) is 0 Å². The fourth-order valence-corrected chi connectivity index (χ4v) is 2.28. The first kappa shape index (κ1) is 13.4. The van der Waals surface area contributed by atoms with Crippen LogP contribution in [0.4, 0.5) is 5.69 Å². The Kier molecular flexibility index (Phi) is 3.46. The summed E-state index contributed by atoms with van der Waals surface area (Å²) < 4.78 is 0. The monoisotopic (exact) mass is 262 g/mol. The molecule has 1 saturated carbocycles. The molecule has 2 rings (SSSR count). The minimum absolute atomic E-state index is 0.161. The zero-order valence-electron chi connectivity index (χ0n) is 10.9. The first-order valence-electron chi connectivity index (χ1n) is 6.32. The smallest absolute Gasteiger partial charge is 0.311 e. The van der Waals surface area contributed by atoms with Gasteiger partial charge in [-0.05, 0) is 31.9 Å². The summed E-state index contributed by atoms with van der Waals surface area (Å²) >= 11 is 0. The number of nitrogens with one attached hydrogen (secondary N) is 1. The van der Waals surface area contributed by atoms with Crippen LogP contribution >= 0.6 is 0 Å². The highest BCUT2D eigenvalue weighted by atomic mass is 16.4. The molecule has 0 heterocycles. The predicted octanol–water partition coefficient (Wildman–Crippen LogP) is 1.56. The van der Waals surface area contributed by atoms with Crippen LogP contribution in [-0.4, -0.2) is 23.5 Å². The highest BCUT2D eigenvalue weighted by Gasteiger charge is 2.44. The second-order valence-corrected chi connectivity index (χ2v) is 5.21. The summed E-state index contributed by atoms with van der Waals surface area (Å²) in [5.74, 6) is -1.15. The number of nitrogen functional groups attached to an aromatic ring is 1. The Balaban J connectivity index is 2.05. The number of carboxylic acid groups (broad SMARTS) is 1. The van der Waals surface area contributed by atoms with E-state index in [1.165, 1.54) is 0 Å². The van der Waals surface area contributed by atoms with E-state index < -0.39 is 11.4 Å². The van der Waals surface area contributed by atoms with Crippen LogP contribution < -0.4 is 11.1 Å². The number of rotatable bonds is 4. The molecule has 0 aromatic heterocycles. The lowest BCUT2D eigenvalue weighted by Crippen LogP contribution is -2.47. The molecule has 19 heavy (non-hydrogen) atoms. The molecule has 1 fully saturated rings. The second kappa shape index (κ2) is 4.91. The molecule has 1 aliphatic carbocycles. The molecule has 5 nitrogen and oxygen atoms in total. The molecule has 0 radical (unpaired) electrons. The molecule has 1 aliphatic rings. The van der Waals surface area contributed by atoms with Gasteiger partial charge in [-0.2, -0.15) is 0 Å². The Labute approximate surface area is 111 Å². The summed E-state index contributed by atoms with van der Waals surface area (Å²) in [5, 5.41) is 11.9. The van der Waals surface area contributed by atoms with Gasteiger partial charge in [0.05, 0.1) is 11.0 Å². The summed E-state index contributed by atoms with van der Waals surface area (Å²) in [7, 11) is 0. The van der Waals surface area contributed by atoms with E-state index in [9.17, 15) is 14.7 Å². The maximum absolute atomic E-state index is 12.0. The number of amides is 1. The molecule has 102 valence electrons. The SMILES string of the molecule is Cc1ccc(N)c(C(=O)NCC2(C(=O)O)CCC2)c1. The third-order valence-electron chi connectivity index (χ3n) is 3.81. The van der Waals surface area contributed by atoms with Crippen LogP contribution in [0.1, 0.15) is 35.2 Å². The fourth-order valence-electron chi connectivity index (χ4n) is 2.28. The standard InChI is InChI=1S/C14H18N2O3/c1-9-3-4-11(15)10(7-9)12(17)16-8-14(13(18)19)5-2-6-14/h3-4,7H,2,5-6,8,15H2,1H3,(H,16,17)(H,18,19). The van der Waals surface area contributed by atoms with Crippen molar-refractivity contribution in [2.75, 3.05) is 12.3 Å². The van der Waals surface area contributed by atoms with Gasteiger partial charge in [-0.15, -0.1) is 0 Å². The summed E-state index contributed by atoms with van der Waals surface area (Å²) in [6.45, 7) is 2.04. The number of aryl methyl sites for hydroxylation is 1. The van der Waals surface area contributed by atoms with E-state index in [4.69, 9.17) is 5.73 Å². The van der Waals surface area contributed by atoms with E-state index in [0.717, 1.165) is 12.0 Å². The van der Waals surface area contributed by atoms with Crippen LogP contribution in [0.25, 0.3) is 0 Å². The van der Waals surface area contributed by atoms with Gasteiger partial charge in [-0.25, -0.2) is 0 Å². The van der Waals surface area contributed by atoms with Crippen LogP contribution in [0.15, 0.2) is 18.2 Å². The van der Waals surface area contributed by atoms with Gasteiger partial charge in [-0.3, -0.25) is 9.59 Å². The minimum atomic E-state index is -0.837. The maximum Gasteiger partial charge on any atom is 0.311 e. The lowest BCUT2D eigenvalue weighted by atomic mass is 9.69. The number of hydrogen-bond donors (Lipinski definition) is 3. The fraction of sp³-hybridized carbons (Fsp3) is 0.429. The Morgan fingerprint density at radius 2 is 2.11 bits per heavy atom. The molecular formula is C14H18N2O3. The van der Waals surface area contributed by atoms with Crippen LogP contribution in [0, 0.1) is 12.3 Å². The predicted molar refractivity (Wildman–Crippen MR) is 71.8 cm³/mol. The second-order valence-electron chi connectivity index (χ2n) is 5.21.